The first-order valence-corrected chi connectivity index (χ1v) is 9.31. The molecule has 0 bridgehead atoms. The second-order valence-corrected chi connectivity index (χ2v) is 7.90. The van der Waals surface area contributed by atoms with Gasteiger partial charge in [0, 0.05) is 31.5 Å². The summed E-state index contributed by atoms with van der Waals surface area (Å²) in [5, 5.41) is 13.9. The highest BCUT2D eigenvalue weighted by atomic mass is 32.1. The molecular formula is C16H26N4OS. The fourth-order valence-electron chi connectivity index (χ4n) is 3.02. The molecule has 6 heteroatoms. The third-order valence-electron chi connectivity index (χ3n) is 4.75. The van der Waals surface area contributed by atoms with Crippen LogP contribution in [-0.4, -0.2) is 35.2 Å². The first kappa shape index (κ1) is 15.7. The maximum atomic E-state index is 12.0. The van der Waals surface area contributed by atoms with Gasteiger partial charge < -0.3 is 10.2 Å². The third kappa shape index (κ3) is 3.77. The van der Waals surface area contributed by atoms with Gasteiger partial charge in [-0.2, -0.15) is 0 Å². The minimum absolute atomic E-state index is 0.251. The average molecular weight is 322 g/mol. The van der Waals surface area contributed by atoms with Crippen LogP contribution < -0.4 is 10.2 Å². The van der Waals surface area contributed by atoms with Crippen molar-refractivity contribution in [3.63, 3.8) is 0 Å². The van der Waals surface area contributed by atoms with Crippen molar-refractivity contribution < 1.29 is 4.79 Å². The monoisotopic (exact) mass is 322 g/mol. The highest BCUT2D eigenvalue weighted by molar-refractivity contribution is 7.15. The van der Waals surface area contributed by atoms with E-state index < -0.39 is 0 Å². The van der Waals surface area contributed by atoms with Crippen LogP contribution in [0.2, 0.25) is 0 Å². The Morgan fingerprint density at radius 3 is 2.55 bits per heavy atom. The molecule has 3 rings (SSSR count). The van der Waals surface area contributed by atoms with Gasteiger partial charge in [0.05, 0.1) is 0 Å². The summed E-state index contributed by atoms with van der Waals surface area (Å²) in [6.07, 6.45) is 6.45. The summed E-state index contributed by atoms with van der Waals surface area (Å²) in [6, 6.07) is 0.462. The number of rotatable bonds is 5. The van der Waals surface area contributed by atoms with E-state index in [1.165, 1.54) is 19.3 Å². The van der Waals surface area contributed by atoms with E-state index in [9.17, 15) is 4.79 Å². The lowest BCUT2D eigenvalue weighted by atomic mass is 9.91. The Labute approximate surface area is 136 Å². The summed E-state index contributed by atoms with van der Waals surface area (Å²) in [5.74, 6) is 1.22. The quantitative estimate of drug-likeness (QED) is 0.905. The van der Waals surface area contributed by atoms with Crippen LogP contribution in [0.3, 0.4) is 0 Å². The van der Waals surface area contributed by atoms with Gasteiger partial charge in [0.25, 0.3) is 0 Å². The molecule has 0 atom stereocenters. The molecule has 1 saturated heterocycles. The van der Waals surface area contributed by atoms with Gasteiger partial charge in [-0.15, -0.1) is 10.2 Å². The second kappa shape index (κ2) is 6.94. The molecule has 2 aliphatic rings. The second-order valence-electron chi connectivity index (χ2n) is 6.91. The molecule has 0 unspecified atom stereocenters. The van der Waals surface area contributed by atoms with Crippen molar-refractivity contribution >= 4 is 22.4 Å². The van der Waals surface area contributed by atoms with E-state index in [-0.39, 0.29) is 5.91 Å². The summed E-state index contributed by atoms with van der Waals surface area (Å²) in [4.78, 5) is 14.3. The summed E-state index contributed by atoms with van der Waals surface area (Å²) < 4.78 is 0. The van der Waals surface area contributed by atoms with Crippen LogP contribution in [0.4, 0.5) is 5.13 Å². The van der Waals surface area contributed by atoms with E-state index in [1.54, 1.807) is 11.3 Å². The Balaban J connectivity index is 1.44. The predicted molar refractivity (Wildman–Crippen MR) is 89.3 cm³/mol. The van der Waals surface area contributed by atoms with Crippen molar-refractivity contribution in [2.45, 2.75) is 64.3 Å². The summed E-state index contributed by atoms with van der Waals surface area (Å²) >= 11 is 1.71. The Kier molecular flexibility index (Phi) is 4.96. The standard InChI is InChI=1S/C16H26N4OS/c1-11(2)15-18-19-16(22-15)20-8-6-12(7-9-20)10-14(21)17-13-4-3-5-13/h11-13H,3-10H2,1-2H3,(H,17,21). The molecular weight excluding hydrogens is 296 g/mol. The van der Waals surface area contributed by atoms with Crippen molar-refractivity contribution in [3.8, 4) is 0 Å². The smallest absolute Gasteiger partial charge is 0.220 e. The van der Waals surface area contributed by atoms with Crippen LogP contribution in [-0.2, 0) is 4.79 Å². The Morgan fingerprint density at radius 1 is 1.27 bits per heavy atom. The van der Waals surface area contributed by atoms with Crippen LogP contribution in [0, 0.1) is 5.92 Å². The minimum Gasteiger partial charge on any atom is -0.353 e. The van der Waals surface area contributed by atoms with Crippen LogP contribution in [0.25, 0.3) is 0 Å². The zero-order valence-electron chi connectivity index (χ0n) is 13.5. The van der Waals surface area contributed by atoms with E-state index in [2.05, 4.69) is 34.3 Å². The lowest BCUT2D eigenvalue weighted by Gasteiger charge is -2.32. The topological polar surface area (TPSA) is 58.1 Å². The summed E-state index contributed by atoms with van der Waals surface area (Å²) in [6.45, 7) is 6.29. The first-order valence-electron chi connectivity index (χ1n) is 8.49. The number of nitrogens with one attached hydrogen (secondary N) is 1. The Bertz CT molecular complexity index is 504. The largest absolute Gasteiger partial charge is 0.353 e. The van der Waals surface area contributed by atoms with Crippen LogP contribution >= 0.6 is 11.3 Å². The van der Waals surface area contributed by atoms with Crippen molar-refractivity contribution in [1.82, 2.24) is 15.5 Å². The van der Waals surface area contributed by atoms with Gasteiger partial charge >= 0.3 is 0 Å². The van der Waals surface area contributed by atoms with E-state index in [0.717, 1.165) is 36.1 Å². The fraction of sp³-hybridized carbons (Fsp3) is 0.812. The number of carbonyl (C=O) groups is 1. The van der Waals surface area contributed by atoms with Gasteiger partial charge in [-0.05, 0) is 38.0 Å². The van der Waals surface area contributed by atoms with Gasteiger partial charge in [-0.3, -0.25) is 4.79 Å². The number of nitrogens with zero attached hydrogens (tertiary/aromatic N) is 3. The molecule has 1 N–H and O–H groups in total. The lowest BCUT2D eigenvalue weighted by Crippen LogP contribution is -2.41. The Hall–Kier alpha value is -1.17. The van der Waals surface area contributed by atoms with Crippen molar-refractivity contribution in [2.24, 2.45) is 5.92 Å². The number of piperidine rings is 1. The van der Waals surface area contributed by atoms with Crippen molar-refractivity contribution in [3.05, 3.63) is 5.01 Å². The van der Waals surface area contributed by atoms with Gasteiger partial charge in [-0.1, -0.05) is 25.2 Å². The molecule has 122 valence electrons. The molecule has 1 aromatic heterocycles. The fourth-order valence-corrected chi connectivity index (χ4v) is 3.92. The van der Waals surface area contributed by atoms with E-state index >= 15 is 0 Å². The van der Waals surface area contributed by atoms with Crippen molar-refractivity contribution in [1.29, 1.82) is 0 Å². The number of hydrogen-bond acceptors (Lipinski definition) is 5. The third-order valence-corrected chi connectivity index (χ3v) is 6.04. The van der Waals surface area contributed by atoms with Gasteiger partial charge in [0.2, 0.25) is 11.0 Å². The minimum atomic E-state index is 0.251. The summed E-state index contributed by atoms with van der Waals surface area (Å²) in [5.41, 5.74) is 0. The van der Waals surface area contributed by atoms with E-state index in [1.807, 2.05) is 0 Å². The molecule has 0 aromatic carbocycles. The highest BCUT2D eigenvalue weighted by Gasteiger charge is 2.25. The molecule has 1 amide bonds. The molecule has 1 aromatic rings. The molecule has 0 radical (unpaired) electrons. The van der Waals surface area contributed by atoms with Gasteiger partial charge in [-0.25, -0.2) is 0 Å². The Morgan fingerprint density at radius 2 is 2.00 bits per heavy atom. The number of anilines is 1. The average Bonchev–Trinajstić information content (AvgIpc) is 2.94. The molecule has 22 heavy (non-hydrogen) atoms. The zero-order valence-corrected chi connectivity index (χ0v) is 14.4. The molecule has 1 aliphatic heterocycles. The number of hydrogen-bond donors (Lipinski definition) is 1. The van der Waals surface area contributed by atoms with Crippen LogP contribution in [0.15, 0.2) is 0 Å². The summed E-state index contributed by atoms with van der Waals surface area (Å²) in [7, 11) is 0. The normalized spacial score (nSPS) is 20.2. The maximum Gasteiger partial charge on any atom is 0.220 e. The molecule has 0 spiro atoms. The predicted octanol–water partition coefficient (Wildman–Crippen LogP) is 2.94. The van der Waals surface area contributed by atoms with E-state index in [4.69, 9.17) is 0 Å². The number of carbonyl (C=O) groups excluding carboxylic acids is 1. The molecule has 1 aliphatic carbocycles. The molecule has 2 fully saturated rings. The van der Waals surface area contributed by atoms with Crippen molar-refractivity contribution in [2.75, 3.05) is 18.0 Å². The first-order chi connectivity index (χ1) is 10.6. The van der Waals surface area contributed by atoms with E-state index in [0.29, 0.717) is 24.3 Å². The molecule has 2 heterocycles. The maximum absolute atomic E-state index is 12.0. The number of amides is 1. The van der Waals surface area contributed by atoms with Crippen LogP contribution in [0.5, 0.6) is 0 Å². The van der Waals surface area contributed by atoms with Crippen LogP contribution in [0.1, 0.15) is 63.3 Å². The molecule has 1 saturated carbocycles. The zero-order chi connectivity index (χ0) is 15.5. The van der Waals surface area contributed by atoms with Gasteiger partial charge in [0.1, 0.15) is 5.01 Å². The lowest BCUT2D eigenvalue weighted by molar-refractivity contribution is -0.123. The van der Waals surface area contributed by atoms with Gasteiger partial charge in [0.15, 0.2) is 0 Å². The molecule has 5 nitrogen and oxygen atoms in total. The SMILES string of the molecule is CC(C)c1nnc(N2CCC(CC(=O)NC3CCC3)CC2)s1. The highest BCUT2D eigenvalue weighted by Crippen LogP contribution is 2.30. The number of aromatic nitrogens is 2.